The monoisotopic (exact) mass is 189 g/mol. The minimum Gasteiger partial charge on any atom is -0.497 e. The summed E-state index contributed by atoms with van der Waals surface area (Å²) in [4.78, 5) is 0. The molecule has 0 amide bonds. The highest BCUT2D eigenvalue weighted by atomic mass is 16.5. The maximum Gasteiger partial charge on any atom is 0.137 e. The van der Waals surface area contributed by atoms with Crippen molar-refractivity contribution in [1.82, 2.24) is 0 Å². The van der Waals surface area contributed by atoms with E-state index in [2.05, 4.69) is 6.07 Å². The summed E-state index contributed by atoms with van der Waals surface area (Å²) < 4.78 is 10.6. The van der Waals surface area contributed by atoms with E-state index in [1.165, 1.54) is 0 Å². The molecule has 1 fully saturated rings. The first-order chi connectivity index (χ1) is 6.83. The first kappa shape index (κ1) is 8.89. The summed E-state index contributed by atoms with van der Waals surface area (Å²) in [5.41, 5.74) is 0.538. The third kappa shape index (κ3) is 1.80. The third-order valence-corrected chi connectivity index (χ3v) is 2.13. The second kappa shape index (κ2) is 3.59. The van der Waals surface area contributed by atoms with Gasteiger partial charge < -0.3 is 9.47 Å². The van der Waals surface area contributed by atoms with Gasteiger partial charge in [0.25, 0.3) is 0 Å². The van der Waals surface area contributed by atoms with E-state index in [4.69, 9.17) is 14.7 Å². The predicted molar refractivity (Wildman–Crippen MR) is 51.4 cm³/mol. The van der Waals surface area contributed by atoms with Gasteiger partial charge in [0.05, 0.1) is 18.8 Å². The van der Waals surface area contributed by atoms with Crippen LogP contribution in [0.25, 0.3) is 0 Å². The van der Waals surface area contributed by atoms with Gasteiger partial charge in [-0.1, -0.05) is 0 Å². The number of benzene rings is 1. The molecule has 3 nitrogen and oxygen atoms in total. The van der Waals surface area contributed by atoms with Crippen LogP contribution in [0.3, 0.4) is 0 Å². The zero-order valence-corrected chi connectivity index (χ0v) is 7.99. The predicted octanol–water partition coefficient (Wildman–Crippen LogP) is 2.11. The molecule has 0 unspecified atom stereocenters. The number of nitrogens with zero attached hydrogens (tertiary/aromatic N) is 1. The van der Waals surface area contributed by atoms with E-state index in [0.717, 1.165) is 12.8 Å². The Morgan fingerprint density at radius 3 is 2.79 bits per heavy atom. The van der Waals surface area contributed by atoms with Crippen LogP contribution in [0.1, 0.15) is 18.4 Å². The Hall–Kier alpha value is -1.69. The Morgan fingerprint density at radius 1 is 1.43 bits per heavy atom. The van der Waals surface area contributed by atoms with Crippen LogP contribution in [0.15, 0.2) is 18.2 Å². The lowest BCUT2D eigenvalue weighted by molar-refractivity contribution is 0.301. The van der Waals surface area contributed by atoms with Crippen molar-refractivity contribution in [3.05, 3.63) is 23.8 Å². The molecule has 0 heterocycles. The van der Waals surface area contributed by atoms with E-state index < -0.39 is 0 Å². The molecule has 1 aliphatic rings. The number of methoxy groups -OCH3 is 1. The first-order valence-corrected chi connectivity index (χ1v) is 4.58. The van der Waals surface area contributed by atoms with Crippen LogP contribution < -0.4 is 9.47 Å². The van der Waals surface area contributed by atoms with Gasteiger partial charge in [-0.25, -0.2) is 0 Å². The maximum absolute atomic E-state index is 8.89. The molecule has 0 saturated heterocycles. The van der Waals surface area contributed by atoms with Crippen molar-refractivity contribution in [2.24, 2.45) is 0 Å². The fourth-order valence-corrected chi connectivity index (χ4v) is 1.19. The van der Waals surface area contributed by atoms with E-state index in [-0.39, 0.29) is 0 Å². The van der Waals surface area contributed by atoms with Gasteiger partial charge in [0.1, 0.15) is 17.6 Å². The molecule has 2 rings (SSSR count). The fourth-order valence-electron chi connectivity index (χ4n) is 1.19. The molecule has 0 radical (unpaired) electrons. The van der Waals surface area contributed by atoms with Gasteiger partial charge in [0.15, 0.2) is 0 Å². The summed E-state index contributed by atoms with van der Waals surface area (Å²) in [6.45, 7) is 0. The van der Waals surface area contributed by atoms with Crippen molar-refractivity contribution in [3.63, 3.8) is 0 Å². The molecule has 0 aromatic heterocycles. The lowest BCUT2D eigenvalue weighted by Gasteiger charge is -2.07. The molecule has 72 valence electrons. The van der Waals surface area contributed by atoms with E-state index in [0.29, 0.717) is 23.2 Å². The molecule has 0 atom stereocenters. The number of nitriles is 1. The highest BCUT2D eigenvalue weighted by molar-refractivity contribution is 5.47. The Morgan fingerprint density at radius 2 is 2.21 bits per heavy atom. The van der Waals surface area contributed by atoms with Crippen molar-refractivity contribution in [3.8, 4) is 17.6 Å². The van der Waals surface area contributed by atoms with Gasteiger partial charge in [-0.15, -0.1) is 0 Å². The number of ether oxygens (including phenoxy) is 2. The van der Waals surface area contributed by atoms with Crippen LogP contribution in [0.2, 0.25) is 0 Å². The fraction of sp³-hybridized carbons (Fsp3) is 0.364. The molecule has 0 bridgehead atoms. The largest absolute Gasteiger partial charge is 0.497 e. The summed E-state index contributed by atoms with van der Waals surface area (Å²) in [6, 6.07) is 7.38. The average Bonchev–Trinajstić information content (AvgIpc) is 3.02. The van der Waals surface area contributed by atoms with Crippen LogP contribution in [0.5, 0.6) is 11.5 Å². The van der Waals surface area contributed by atoms with Gasteiger partial charge in [-0.05, 0) is 25.0 Å². The molecule has 3 heteroatoms. The van der Waals surface area contributed by atoms with E-state index in [1.54, 1.807) is 25.3 Å². The van der Waals surface area contributed by atoms with Crippen molar-refractivity contribution >= 4 is 0 Å². The smallest absolute Gasteiger partial charge is 0.137 e. The summed E-state index contributed by atoms with van der Waals surface area (Å²) in [5.74, 6) is 1.35. The summed E-state index contributed by atoms with van der Waals surface area (Å²) >= 11 is 0. The molecule has 0 spiro atoms. The van der Waals surface area contributed by atoms with Crippen LogP contribution in [-0.4, -0.2) is 13.2 Å². The van der Waals surface area contributed by atoms with Gasteiger partial charge in [0.2, 0.25) is 0 Å². The molecular formula is C11H11NO2. The van der Waals surface area contributed by atoms with Gasteiger partial charge in [0, 0.05) is 6.07 Å². The molecule has 14 heavy (non-hydrogen) atoms. The third-order valence-electron chi connectivity index (χ3n) is 2.13. The van der Waals surface area contributed by atoms with Crippen LogP contribution in [0.4, 0.5) is 0 Å². The highest BCUT2D eigenvalue weighted by Gasteiger charge is 2.24. The SMILES string of the molecule is COc1ccc(OC2CC2)c(C#N)c1. The second-order valence-electron chi connectivity index (χ2n) is 3.29. The maximum atomic E-state index is 8.89. The van der Waals surface area contributed by atoms with E-state index in [1.807, 2.05) is 0 Å². The summed E-state index contributed by atoms with van der Waals surface area (Å²) in [5, 5.41) is 8.89. The van der Waals surface area contributed by atoms with Gasteiger partial charge in [-0.3, -0.25) is 0 Å². The quantitative estimate of drug-likeness (QED) is 0.731. The molecule has 0 N–H and O–H groups in total. The number of hydrogen-bond donors (Lipinski definition) is 0. The Labute approximate surface area is 82.9 Å². The van der Waals surface area contributed by atoms with Crippen LogP contribution in [0, 0.1) is 11.3 Å². The lowest BCUT2D eigenvalue weighted by atomic mass is 10.2. The standard InChI is InChI=1S/C11H11NO2/c1-13-10-4-5-11(8(6-10)7-12)14-9-2-3-9/h4-6,9H,2-3H2,1H3. The minimum absolute atomic E-state index is 0.315. The Bertz CT molecular complexity index is 377. The van der Waals surface area contributed by atoms with Crippen molar-refractivity contribution < 1.29 is 9.47 Å². The molecule has 1 aromatic carbocycles. The summed E-state index contributed by atoms with van der Waals surface area (Å²) in [6.07, 6.45) is 2.50. The molecule has 1 aliphatic carbocycles. The first-order valence-electron chi connectivity index (χ1n) is 4.58. The van der Waals surface area contributed by atoms with Gasteiger partial charge in [-0.2, -0.15) is 5.26 Å². The number of hydrogen-bond acceptors (Lipinski definition) is 3. The normalized spacial score (nSPS) is 14.6. The minimum atomic E-state index is 0.315. The zero-order chi connectivity index (χ0) is 9.97. The average molecular weight is 189 g/mol. The highest BCUT2D eigenvalue weighted by Crippen LogP contribution is 2.30. The number of rotatable bonds is 3. The summed E-state index contributed by atoms with van der Waals surface area (Å²) in [7, 11) is 1.58. The van der Waals surface area contributed by atoms with Crippen molar-refractivity contribution in [2.75, 3.05) is 7.11 Å². The van der Waals surface area contributed by atoms with Crippen LogP contribution in [-0.2, 0) is 0 Å². The Balaban J connectivity index is 2.25. The van der Waals surface area contributed by atoms with Gasteiger partial charge >= 0.3 is 0 Å². The molecular weight excluding hydrogens is 178 g/mol. The Kier molecular flexibility index (Phi) is 2.28. The van der Waals surface area contributed by atoms with E-state index >= 15 is 0 Å². The van der Waals surface area contributed by atoms with Crippen molar-refractivity contribution in [2.45, 2.75) is 18.9 Å². The molecule has 1 saturated carbocycles. The lowest BCUT2D eigenvalue weighted by Crippen LogP contribution is -1.98. The molecule has 1 aromatic rings. The van der Waals surface area contributed by atoms with E-state index in [9.17, 15) is 0 Å². The molecule has 0 aliphatic heterocycles. The topological polar surface area (TPSA) is 42.2 Å². The second-order valence-corrected chi connectivity index (χ2v) is 3.29. The van der Waals surface area contributed by atoms with Crippen LogP contribution >= 0.6 is 0 Å². The zero-order valence-electron chi connectivity index (χ0n) is 7.99. The van der Waals surface area contributed by atoms with Crippen molar-refractivity contribution in [1.29, 1.82) is 5.26 Å².